The van der Waals surface area contributed by atoms with E-state index in [1.807, 2.05) is 36.5 Å². The quantitative estimate of drug-likeness (QED) is 0.477. The molecule has 0 aliphatic rings. The second kappa shape index (κ2) is 10.8. The molecule has 0 unspecified atom stereocenters. The average molecular weight is 462 g/mol. The monoisotopic (exact) mass is 461 g/mol. The maximum absolute atomic E-state index is 13.0. The number of methoxy groups -OCH3 is 2. The molecule has 3 rings (SSSR count). The molecule has 2 aromatic carbocycles. The molecule has 0 aliphatic heterocycles. The third kappa shape index (κ3) is 5.92. The lowest BCUT2D eigenvalue weighted by atomic mass is 9.77. The Hall–Kier alpha value is -3.87. The van der Waals surface area contributed by atoms with Gasteiger partial charge in [0.1, 0.15) is 0 Å². The third-order valence-electron chi connectivity index (χ3n) is 5.75. The van der Waals surface area contributed by atoms with Crippen molar-refractivity contribution in [3.05, 3.63) is 72.1 Å². The van der Waals surface area contributed by atoms with Crippen LogP contribution in [-0.4, -0.2) is 37.6 Å². The van der Waals surface area contributed by atoms with Gasteiger partial charge in [0.15, 0.2) is 11.5 Å². The van der Waals surface area contributed by atoms with Gasteiger partial charge in [0.05, 0.1) is 14.2 Å². The fraction of sp³-hybridized carbons (Fsp3) is 0.296. The van der Waals surface area contributed by atoms with Gasteiger partial charge in [0, 0.05) is 42.7 Å². The van der Waals surface area contributed by atoms with Crippen molar-refractivity contribution in [1.82, 2.24) is 10.3 Å². The molecular weight excluding hydrogens is 430 g/mol. The van der Waals surface area contributed by atoms with Crippen molar-refractivity contribution in [2.24, 2.45) is 0 Å². The van der Waals surface area contributed by atoms with Crippen LogP contribution in [0.25, 0.3) is 11.1 Å². The minimum absolute atomic E-state index is 0.0449. The van der Waals surface area contributed by atoms with Crippen molar-refractivity contribution in [3.63, 3.8) is 0 Å². The molecule has 1 aromatic heterocycles. The van der Waals surface area contributed by atoms with Gasteiger partial charge in [-0.3, -0.25) is 14.6 Å². The number of pyridine rings is 1. The van der Waals surface area contributed by atoms with E-state index in [2.05, 4.69) is 29.5 Å². The first-order valence-electron chi connectivity index (χ1n) is 11.1. The fourth-order valence-electron chi connectivity index (χ4n) is 3.84. The molecule has 0 atom stereocenters. The van der Waals surface area contributed by atoms with Gasteiger partial charge in [-0.15, -0.1) is 0 Å². The summed E-state index contributed by atoms with van der Waals surface area (Å²) >= 11 is 0. The molecule has 7 heteroatoms. The Labute approximate surface area is 200 Å². The molecule has 0 fully saturated rings. The summed E-state index contributed by atoms with van der Waals surface area (Å²) in [5, 5.41) is 5.86. The van der Waals surface area contributed by atoms with E-state index < -0.39 is 0 Å². The maximum Gasteiger partial charge on any atom is 0.255 e. The number of benzene rings is 2. The van der Waals surface area contributed by atoms with Gasteiger partial charge in [-0.1, -0.05) is 26.0 Å². The van der Waals surface area contributed by atoms with E-state index in [1.165, 1.54) is 14.0 Å². The molecular formula is C27H31N3O4. The molecule has 1 heterocycles. The zero-order valence-electron chi connectivity index (χ0n) is 20.3. The molecule has 34 heavy (non-hydrogen) atoms. The van der Waals surface area contributed by atoms with Crippen LogP contribution in [0.1, 0.15) is 43.1 Å². The van der Waals surface area contributed by atoms with Crippen LogP contribution in [0.3, 0.4) is 0 Å². The summed E-state index contributed by atoms with van der Waals surface area (Å²) in [5.41, 5.74) is 3.94. The van der Waals surface area contributed by atoms with Gasteiger partial charge in [-0.05, 0) is 59.4 Å². The average Bonchev–Trinajstić information content (AvgIpc) is 2.83. The Kier molecular flexibility index (Phi) is 7.89. The molecule has 7 nitrogen and oxygen atoms in total. The van der Waals surface area contributed by atoms with E-state index in [9.17, 15) is 9.59 Å². The van der Waals surface area contributed by atoms with E-state index in [4.69, 9.17) is 9.47 Å². The molecule has 0 bridgehead atoms. The second-order valence-electron chi connectivity index (χ2n) is 8.64. The highest BCUT2D eigenvalue weighted by atomic mass is 16.5. The van der Waals surface area contributed by atoms with Crippen LogP contribution in [-0.2, 0) is 10.2 Å². The number of nitrogens with one attached hydrogen (secondary N) is 2. The predicted molar refractivity (Wildman–Crippen MR) is 133 cm³/mol. The summed E-state index contributed by atoms with van der Waals surface area (Å²) in [7, 11) is 3.09. The van der Waals surface area contributed by atoms with Crippen LogP contribution in [0.2, 0.25) is 0 Å². The van der Waals surface area contributed by atoms with Gasteiger partial charge in [0.2, 0.25) is 5.91 Å². The van der Waals surface area contributed by atoms with E-state index in [0.717, 1.165) is 23.1 Å². The normalized spacial score (nSPS) is 11.0. The van der Waals surface area contributed by atoms with Crippen molar-refractivity contribution in [2.75, 3.05) is 26.1 Å². The summed E-state index contributed by atoms with van der Waals surface area (Å²) in [4.78, 5) is 28.6. The highest BCUT2D eigenvalue weighted by molar-refractivity contribution is 6.05. The first-order valence-corrected chi connectivity index (χ1v) is 11.1. The van der Waals surface area contributed by atoms with Gasteiger partial charge in [0.25, 0.3) is 5.91 Å². The van der Waals surface area contributed by atoms with Crippen LogP contribution in [0.4, 0.5) is 5.69 Å². The van der Waals surface area contributed by atoms with Gasteiger partial charge in [-0.25, -0.2) is 0 Å². The lowest BCUT2D eigenvalue weighted by Crippen LogP contribution is -2.28. The first kappa shape index (κ1) is 24.8. The number of aromatic nitrogens is 1. The Morgan fingerprint density at radius 2 is 1.76 bits per heavy atom. The molecule has 3 aromatic rings. The van der Waals surface area contributed by atoms with Gasteiger partial charge in [-0.2, -0.15) is 0 Å². The molecule has 0 spiro atoms. The highest BCUT2D eigenvalue weighted by Gasteiger charge is 2.25. The zero-order chi connectivity index (χ0) is 24.7. The van der Waals surface area contributed by atoms with Crippen LogP contribution >= 0.6 is 0 Å². The lowest BCUT2D eigenvalue weighted by molar-refractivity contribution is -0.119. The summed E-state index contributed by atoms with van der Waals surface area (Å²) < 4.78 is 10.6. The van der Waals surface area contributed by atoms with E-state index in [-0.39, 0.29) is 17.2 Å². The van der Waals surface area contributed by atoms with Crippen molar-refractivity contribution in [2.45, 2.75) is 32.6 Å². The maximum atomic E-state index is 13.0. The SMILES string of the molecule is COc1ccc(C(=O)Nc2ccc(C(C)(C)CCNC(C)=O)c(-c3cccnc3)c2)cc1OC. The Balaban J connectivity index is 1.93. The first-order chi connectivity index (χ1) is 16.2. The zero-order valence-corrected chi connectivity index (χ0v) is 20.3. The Bertz CT molecular complexity index is 1160. The van der Waals surface area contributed by atoms with Crippen molar-refractivity contribution in [3.8, 4) is 22.6 Å². The number of anilines is 1. The number of carbonyl (C=O) groups excluding carboxylic acids is 2. The standard InChI is InChI=1S/C27H31N3O4/c1-18(31)29-14-12-27(2,3)23-10-9-21(16-22(23)20-7-6-13-28-17-20)30-26(32)19-8-11-24(33-4)25(15-19)34-5/h6-11,13,15-17H,12,14H2,1-5H3,(H,29,31)(H,30,32). The van der Waals surface area contributed by atoms with Crippen LogP contribution in [0.5, 0.6) is 11.5 Å². The number of amides is 2. The van der Waals surface area contributed by atoms with Gasteiger partial charge >= 0.3 is 0 Å². The summed E-state index contributed by atoms with van der Waals surface area (Å²) in [6.45, 7) is 6.38. The molecule has 0 saturated carbocycles. The minimum Gasteiger partial charge on any atom is -0.493 e. The van der Waals surface area contributed by atoms with Crippen molar-refractivity contribution >= 4 is 17.5 Å². The second-order valence-corrected chi connectivity index (χ2v) is 8.64. The summed E-state index contributed by atoms with van der Waals surface area (Å²) in [6.07, 6.45) is 4.30. The third-order valence-corrected chi connectivity index (χ3v) is 5.75. The number of hydrogen-bond donors (Lipinski definition) is 2. The molecule has 0 saturated heterocycles. The molecule has 178 valence electrons. The topological polar surface area (TPSA) is 89.6 Å². The van der Waals surface area contributed by atoms with E-state index in [0.29, 0.717) is 29.3 Å². The van der Waals surface area contributed by atoms with Crippen molar-refractivity contribution in [1.29, 1.82) is 0 Å². The van der Waals surface area contributed by atoms with Crippen molar-refractivity contribution < 1.29 is 19.1 Å². The van der Waals surface area contributed by atoms with E-state index in [1.54, 1.807) is 31.5 Å². The minimum atomic E-state index is -0.254. The lowest BCUT2D eigenvalue weighted by Gasteiger charge is -2.28. The summed E-state index contributed by atoms with van der Waals surface area (Å²) in [5.74, 6) is 0.749. The molecule has 0 aliphatic carbocycles. The Morgan fingerprint density at radius 3 is 2.41 bits per heavy atom. The molecule has 2 N–H and O–H groups in total. The van der Waals surface area contributed by atoms with Crippen LogP contribution < -0.4 is 20.1 Å². The Morgan fingerprint density at radius 1 is 1.00 bits per heavy atom. The fourth-order valence-corrected chi connectivity index (χ4v) is 3.84. The number of carbonyl (C=O) groups is 2. The van der Waals surface area contributed by atoms with Gasteiger partial charge < -0.3 is 20.1 Å². The largest absolute Gasteiger partial charge is 0.493 e. The molecule has 0 radical (unpaired) electrons. The number of hydrogen-bond acceptors (Lipinski definition) is 5. The van der Waals surface area contributed by atoms with Crippen LogP contribution in [0, 0.1) is 0 Å². The van der Waals surface area contributed by atoms with E-state index >= 15 is 0 Å². The van der Waals surface area contributed by atoms with Crippen LogP contribution in [0.15, 0.2) is 60.9 Å². The molecule has 2 amide bonds. The number of rotatable bonds is 9. The predicted octanol–water partition coefficient (Wildman–Crippen LogP) is 4.82. The number of nitrogens with zero attached hydrogens (tertiary/aromatic N) is 1. The summed E-state index contributed by atoms with van der Waals surface area (Å²) in [6, 6.07) is 14.8. The number of ether oxygens (including phenoxy) is 2. The highest BCUT2D eigenvalue weighted by Crippen LogP contribution is 2.37. The smallest absolute Gasteiger partial charge is 0.255 e.